The van der Waals surface area contributed by atoms with Crippen molar-refractivity contribution < 1.29 is 9.18 Å². The molecule has 5 nitrogen and oxygen atoms in total. The van der Waals surface area contributed by atoms with Gasteiger partial charge in [-0.05, 0) is 29.3 Å². The summed E-state index contributed by atoms with van der Waals surface area (Å²) in [6.45, 7) is 2.36. The van der Waals surface area contributed by atoms with Crippen molar-refractivity contribution >= 4 is 11.7 Å². The zero-order valence-corrected chi connectivity index (χ0v) is 13.1. The van der Waals surface area contributed by atoms with Gasteiger partial charge in [0.05, 0.1) is 5.56 Å². The molecule has 1 fully saturated rings. The molecule has 122 valence electrons. The Balaban J connectivity index is 1.71. The van der Waals surface area contributed by atoms with Crippen LogP contribution < -0.4 is 10.6 Å². The van der Waals surface area contributed by atoms with Crippen molar-refractivity contribution in [2.45, 2.75) is 13.1 Å². The Morgan fingerprint density at radius 2 is 2.12 bits per heavy atom. The van der Waals surface area contributed by atoms with Crippen LogP contribution in [0.15, 0.2) is 42.5 Å². The lowest BCUT2D eigenvalue weighted by molar-refractivity contribution is 0.215. The summed E-state index contributed by atoms with van der Waals surface area (Å²) in [4.78, 5) is 13.5. The molecule has 6 heteroatoms. The van der Waals surface area contributed by atoms with Crippen LogP contribution in [0.25, 0.3) is 0 Å². The highest BCUT2D eigenvalue weighted by atomic mass is 19.1. The Labute approximate surface area is 139 Å². The third-order valence-corrected chi connectivity index (χ3v) is 3.96. The van der Waals surface area contributed by atoms with E-state index in [1.165, 1.54) is 6.07 Å². The number of carbonyl (C=O) groups is 1. The number of hydrogen-bond acceptors (Lipinski definition) is 3. The molecule has 3 rings (SSSR count). The van der Waals surface area contributed by atoms with E-state index in [0.717, 1.165) is 16.8 Å². The Morgan fingerprint density at radius 1 is 1.29 bits per heavy atom. The van der Waals surface area contributed by atoms with Crippen molar-refractivity contribution in [3.63, 3.8) is 0 Å². The minimum absolute atomic E-state index is 0.0383. The number of nitrogens with one attached hydrogen (secondary N) is 2. The molecule has 24 heavy (non-hydrogen) atoms. The van der Waals surface area contributed by atoms with Gasteiger partial charge in [-0.15, -0.1) is 0 Å². The van der Waals surface area contributed by atoms with E-state index < -0.39 is 5.82 Å². The largest absolute Gasteiger partial charge is 0.381 e. The summed E-state index contributed by atoms with van der Waals surface area (Å²) in [7, 11) is 0. The van der Waals surface area contributed by atoms with E-state index in [0.29, 0.717) is 26.2 Å². The number of para-hydroxylation sites is 1. The fourth-order valence-electron chi connectivity index (χ4n) is 2.66. The van der Waals surface area contributed by atoms with E-state index in [4.69, 9.17) is 5.26 Å². The summed E-state index contributed by atoms with van der Waals surface area (Å²) in [5.74, 6) is -0.512. The number of halogens is 1. The third-order valence-electron chi connectivity index (χ3n) is 3.96. The summed E-state index contributed by atoms with van der Waals surface area (Å²) in [5.41, 5.74) is 2.79. The molecule has 2 amide bonds. The van der Waals surface area contributed by atoms with Crippen molar-refractivity contribution in [2.75, 3.05) is 18.4 Å². The van der Waals surface area contributed by atoms with Crippen LogP contribution in [0.5, 0.6) is 0 Å². The summed E-state index contributed by atoms with van der Waals surface area (Å²) < 4.78 is 13.4. The Morgan fingerprint density at radius 3 is 2.88 bits per heavy atom. The topological polar surface area (TPSA) is 68.2 Å². The van der Waals surface area contributed by atoms with Crippen LogP contribution in [0.3, 0.4) is 0 Å². The van der Waals surface area contributed by atoms with Crippen LogP contribution >= 0.6 is 0 Å². The molecule has 1 saturated heterocycles. The molecule has 1 heterocycles. The van der Waals surface area contributed by atoms with Crippen molar-refractivity contribution in [1.29, 1.82) is 5.26 Å². The van der Waals surface area contributed by atoms with Crippen LogP contribution in [0.1, 0.15) is 16.7 Å². The van der Waals surface area contributed by atoms with E-state index in [1.54, 1.807) is 17.0 Å². The van der Waals surface area contributed by atoms with E-state index >= 15 is 0 Å². The molecule has 0 saturated carbocycles. The van der Waals surface area contributed by atoms with Crippen molar-refractivity contribution in [3.05, 3.63) is 65.0 Å². The number of urea groups is 1. The van der Waals surface area contributed by atoms with Gasteiger partial charge in [-0.2, -0.15) is 5.26 Å². The lowest BCUT2D eigenvalue weighted by atomic mass is 10.1. The molecule has 1 aliphatic rings. The minimum atomic E-state index is -0.512. The van der Waals surface area contributed by atoms with Gasteiger partial charge in [0.2, 0.25) is 0 Å². The molecule has 0 atom stereocenters. The smallest absolute Gasteiger partial charge is 0.317 e. The van der Waals surface area contributed by atoms with E-state index in [1.807, 2.05) is 30.3 Å². The molecular weight excluding hydrogens is 307 g/mol. The van der Waals surface area contributed by atoms with Gasteiger partial charge in [0.1, 0.15) is 11.9 Å². The van der Waals surface area contributed by atoms with Crippen LogP contribution in [-0.2, 0) is 13.1 Å². The maximum atomic E-state index is 13.4. The average Bonchev–Trinajstić information content (AvgIpc) is 3.00. The minimum Gasteiger partial charge on any atom is -0.381 e. The van der Waals surface area contributed by atoms with E-state index in [2.05, 4.69) is 10.6 Å². The van der Waals surface area contributed by atoms with Gasteiger partial charge in [-0.1, -0.05) is 24.3 Å². The van der Waals surface area contributed by atoms with Crippen molar-refractivity contribution in [3.8, 4) is 6.07 Å². The second kappa shape index (κ2) is 7.01. The first-order chi connectivity index (χ1) is 11.7. The predicted molar refractivity (Wildman–Crippen MR) is 88.7 cm³/mol. The second-order valence-electron chi connectivity index (χ2n) is 5.59. The maximum absolute atomic E-state index is 13.4. The molecule has 0 spiro atoms. The predicted octanol–water partition coefficient (Wildman–Crippen LogP) is 2.83. The highest BCUT2D eigenvalue weighted by molar-refractivity contribution is 5.76. The lowest BCUT2D eigenvalue weighted by Gasteiger charge is -2.18. The lowest BCUT2D eigenvalue weighted by Crippen LogP contribution is -2.27. The number of nitriles is 1. The Hall–Kier alpha value is -3.07. The first-order valence-corrected chi connectivity index (χ1v) is 7.70. The molecule has 0 unspecified atom stereocenters. The standard InChI is InChI=1S/C18H17FN4O/c19-16-6-5-13(9-15(16)10-20)11-22-17-4-2-1-3-14(17)12-23-8-7-21-18(23)24/h1-6,9,22H,7-8,11-12H2,(H,21,24). The average molecular weight is 324 g/mol. The van der Waals surface area contributed by atoms with Gasteiger partial charge in [-0.25, -0.2) is 9.18 Å². The van der Waals surface area contributed by atoms with Gasteiger partial charge >= 0.3 is 6.03 Å². The molecule has 0 bridgehead atoms. The molecular formula is C18H17FN4O. The van der Waals surface area contributed by atoms with Crippen LogP contribution in [0.4, 0.5) is 14.9 Å². The summed E-state index contributed by atoms with van der Waals surface area (Å²) in [6.07, 6.45) is 0. The molecule has 0 aromatic heterocycles. The third kappa shape index (κ3) is 3.46. The Bertz CT molecular complexity index is 800. The molecule has 2 aromatic carbocycles. The number of nitrogens with zero attached hydrogens (tertiary/aromatic N) is 2. The number of amides is 2. The summed E-state index contributed by atoms with van der Waals surface area (Å²) in [5, 5.41) is 15.0. The fraction of sp³-hybridized carbons (Fsp3) is 0.222. The molecule has 1 aliphatic heterocycles. The zero-order valence-electron chi connectivity index (χ0n) is 13.1. The van der Waals surface area contributed by atoms with E-state index in [-0.39, 0.29) is 11.6 Å². The van der Waals surface area contributed by atoms with Gasteiger partial charge in [0.15, 0.2) is 0 Å². The number of hydrogen-bond donors (Lipinski definition) is 2. The SMILES string of the molecule is N#Cc1cc(CNc2ccccc2CN2CCNC2=O)ccc1F. The second-order valence-corrected chi connectivity index (χ2v) is 5.59. The van der Waals surface area contributed by atoms with Crippen LogP contribution in [0, 0.1) is 17.1 Å². The van der Waals surface area contributed by atoms with Gasteiger partial charge < -0.3 is 15.5 Å². The Kier molecular flexibility index (Phi) is 4.62. The summed E-state index contributed by atoms with van der Waals surface area (Å²) >= 11 is 0. The molecule has 2 N–H and O–H groups in total. The quantitative estimate of drug-likeness (QED) is 0.888. The van der Waals surface area contributed by atoms with Gasteiger partial charge in [0.25, 0.3) is 0 Å². The normalized spacial score (nSPS) is 13.5. The van der Waals surface area contributed by atoms with Gasteiger partial charge in [-0.3, -0.25) is 0 Å². The monoisotopic (exact) mass is 324 g/mol. The highest BCUT2D eigenvalue weighted by Gasteiger charge is 2.20. The highest BCUT2D eigenvalue weighted by Crippen LogP contribution is 2.19. The van der Waals surface area contributed by atoms with Crippen LogP contribution in [0.2, 0.25) is 0 Å². The van der Waals surface area contributed by atoms with E-state index in [9.17, 15) is 9.18 Å². The molecule has 0 radical (unpaired) electrons. The molecule has 0 aliphatic carbocycles. The first-order valence-electron chi connectivity index (χ1n) is 7.70. The number of carbonyl (C=O) groups excluding carboxylic acids is 1. The summed E-state index contributed by atoms with van der Waals surface area (Å²) in [6, 6.07) is 14.0. The van der Waals surface area contributed by atoms with Gasteiger partial charge in [0, 0.05) is 31.9 Å². The molecule has 2 aromatic rings. The van der Waals surface area contributed by atoms with Crippen molar-refractivity contribution in [2.24, 2.45) is 0 Å². The van der Waals surface area contributed by atoms with Crippen LogP contribution in [-0.4, -0.2) is 24.0 Å². The number of benzene rings is 2. The number of rotatable bonds is 5. The fourth-order valence-corrected chi connectivity index (χ4v) is 2.66. The maximum Gasteiger partial charge on any atom is 0.317 e. The number of anilines is 1. The van der Waals surface area contributed by atoms with Crippen molar-refractivity contribution in [1.82, 2.24) is 10.2 Å². The zero-order chi connectivity index (χ0) is 16.9. The first kappa shape index (κ1) is 15.8.